The number of hydrogen-bond donors (Lipinski definition) is 1. The van der Waals surface area contributed by atoms with Crippen molar-refractivity contribution < 1.29 is 13.8 Å². The molecule has 0 aromatic carbocycles. The molecule has 0 bridgehead atoms. The van der Waals surface area contributed by atoms with Crippen molar-refractivity contribution in [3.05, 3.63) is 0 Å². The molecule has 0 atom stereocenters. The van der Waals surface area contributed by atoms with Crippen LogP contribution >= 0.6 is 0 Å². The van der Waals surface area contributed by atoms with Crippen molar-refractivity contribution in [2.75, 3.05) is 0 Å². The molecule has 0 aromatic rings. The van der Waals surface area contributed by atoms with Gasteiger partial charge in [0.1, 0.15) is 0 Å². The molecule has 0 aliphatic carbocycles. The van der Waals surface area contributed by atoms with Crippen molar-refractivity contribution in [2.45, 2.75) is 0 Å². The molecule has 32 valence electrons. The molecule has 3 nitrogen and oxygen atoms in total. The van der Waals surface area contributed by atoms with Gasteiger partial charge in [-0.3, -0.25) is 5.26 Å². The molecule has 0 heterocycles. The summed E-state index contributed by atoms with van der Waals surface area (Å²) in [7, 11) is -1.93. The molecule has 0 aliphatic rings. The standard InChI is InChI=1S/HO3S2/c1-3-5(2)4/h1H/q-1. The molecular formula is HO3S2-. The highest BCUT2D eigenvalue weighted by molar-refractivity contribution is 8.19. The lowest BCUT2D eigenvalue weighted by Gasteiger charge is -1.83. The van der Waals surface area contributed by atoms with E-state index in [9.17, 15) is 4.21 Å². The molecule has 1 N–H and O–H groups in total. The summed E-state index contributed by atoms with van der Waals surface area (Å²) in [6.45, 7) is 0. The third kappa shape index (κ3) is 4.29. The van der Waals surface area contributed by atoms with Crippen LogP contribution in [0.3, 0.4) is 0 Å². The van der Waals surface area contributed by atoms with Gasteiger partial charge in [-0.05, 0) is 0 Å². The predicted molar refractivity (Wildman–Crippen MR) is 19.1 cm³/mol. The average molecular weight is 113 g/mol. The van der Waals surface area contributed by atoms with E-state index in [1.807, 2.05) is 0 Å². The van der Waals surface area contributed by atoms with Crippen molar-refractivity contribution in [3.8, 4) is 0 Å². The molecule has 0 aromatic heterocycles. The van der Waals surface area contributed by atoms with Gasteiger partial charge in [-0.15, -0.1) is 0 Å². The van der Waals surface area contributed by atoms with E-state index in [4.69, 9.17) is 5.26 Å². The van der Waals surface area contributed by atoms with Crippen LogP contribution in [0, 0.1) is 0 Å². The Bertz CT molecular complexity index is 63.0. The van der Waals surface area contributed by atoms with Crippen LogP contribution in [0.1, 0.15) is 0 Å². The lowest BCUT2D eigenvalue weighted by molar-refractivity contribution is -0.121. The zero-order valence-corrected chi connectivity index (χ0v) is 3.71. The minimum atomic E-state index is -1.93. The highest BCUT2D eigenvalue weighted by Gasteiger charge is 1.42. The first-order valence-electron chi connectivity index (χ1n) is 0.683. The maximum Gasteiger partial charge on any atom is -0.0552 e. The van der Waals surface area contributed by atoms with Gasteiger partial charge in [0.15, 0.2) is 0 Å². The second kappa shape index (κ2) is 2.52. The molecule has 0 fully saturated rings. The van der Waals surface area contributed by atoms with Gasteiger partial charge in [0.05, 0.1) is 0 Å². The summed E-state index contributed by atoms with van der Waals surface area (Å²) in [6, 6.07) is 0. The monoisotopic (exact) mass is 113 g/mol. The van der Waals surface area contributed by atoms with Crippen LogP contribution in [0.5, 0.6) is 0 Å². The third-order valence-corrected chi connectivity index (χ3v) is 0.365. The summed E-state index contributed by atoms with van der Waals surface area (Å²) in [5, 5.41) is 7.24. The molecule has 0 spiro atoms. The summed E-state index contributed by atoms with van der Waals surface area (Å²) < 4.78 is 12.3. The number of rotatable bonds is 1. The van der Waals surface area contributed by atoms with Crippen LogP contribution in [0.2, 0.25) is 0 Å². The van der Waals surface area contributed by atoms with E-state index >= 15 is 0 Å². The second-order valence-corrected chi connectivity index (χ2v) is 1.65. The van der Waals surface area contributed by atoms with Gasteiger partial charge in [0.25, 0.3) is 0 Å². The van der Waals surface area contributed by atoms with Gasteiger partial charge in [-0.2, -0.15) is 0 Å². The third-order valence-electron chi connectivity index (χ3n) is 0.0609. The van der Waals surface area contributed by atoms with Gasteiger partial charge in [-0.1, -0.05) is 9.64 Å². The maximum absolute atomic E-state index is 9.27. The molecule has 0 saturated carbocycles. The van der Waals surface area contributed by atoms with Crippen molar-refractivity contribution in [2.24, 2.45) is 0 Å². The summed E-state index contributed by atoms with van der Waals surface area (Å²) in [4.78, 5) is 0. The fraction of sp³-hybridized carbons (Fsp3) is 0. The highest BCUT2D eigenvalue weighted by Crippen LogP contribution is 1.55. The van der Waals surface area contributed by atoms with E-state index in [-0.39, 0.29) is 0 Å². The lowest BCUT2D eigenvalue weighted by atomic mass is 15.0. The van der Waals surface area contributed by atoms with Gasteiger partial charge in [-0.25, -0.2) is 11.2 Å². The Morgan fingerprint density at radius 3 is 2.20 bits per heavy atom. The van der Waals surface area contributed by atoms with E-state index in [1.165, 1.54) is 0 Å². The Morgan fingerprint density at radius 2 is 2.20 bits per heavy atom. The Balaban J connectivity index is 3.23. The van der Waals surface area contributed by atoms with Crippen molar-refractivity contribution in [1.29, 1.82) is 0 Å². The quantitative estimate of drug-likeness (QED) is 0.291. The molecule has 5 heteroatoms. The zero-order chi connectivity index (χ0) is 4.28. The Labute approximate surface area is 35.4 Å². The first-order valence-corrected chi connectivity index (χ1v) is 2.68. The van der Waals surface area contributed by atoms with E-state index < -0.39 is 9.64 Å². The van der Waals surface area contributed by atoms with E-state index in [0.717, 1.165) is 0 Å². The van der Waals surface area contributed by atoms with Crippen molar-refractivity contribution in [3.63, 3.8) is 0 Å². The topological polar surface area (TPSA) is 46.5 Å². The molecule has 0 unspecified atom stereocenters. The number of hydrogen-bond acceptors (Lipinski definition) is 5. The van der Waals surface area contributed by atoms with Crippen molar-refractivity contribution >= 4 is 20.8 Å². The normalized spacial score (nSPS) is 9.20. The van der Waals surface area contributed by atoms with Crippen molar-refractivity contribution in [1.82, 2.24) is 0 Å². The summed E-state index contributed by atoms with van der Waals surface area (Å²) in [6.07, 6.45) is 0. The first kappa shape index (κ1) is 5.29. The largest absolute Gasteiger partial charge is 0.423 e. The van der Waals surface area contributed by atoms with Gasteiger partial charge in [0, 0.05) is 0 Å². The minimum Gasteiger partial charge on any atom is -0.423 e. The van der Waals surface area contributed by atoms with Gasteiger partial charge >= 0.3 is 0 Å². The van der Waals surface area contributed by atoms with Crippen LogP contribution in [0.4, 0.5) is 0 Å². The van der Waals surface area contributed by atoms with Crippen LogP contribution in [0.15, 0.2) is 0 Å². The SMILES string of the molecule is O=[S-](=S)OO. The smallest absolute Gasteiger partial charge is 0.0552 e. The van der Waals surface area contributed by atoms with Crippen LogP contribution in [0.25, 0.3) is 0 Å². The first-order chi connectivity index (χ1) is 2.27. The molecule has 0 rings (SSSR count). The minimum absolute atomic E-state index is 1.93. The van der Waals surface area contributed by atoms with E-state index in [1.54, 1.807) is 0 Å². The molecular weight excluding hydrogens is 112 g/mol. The Morgan fingerprint density at radius 1 is 2.00 bits per heavy atom. The molecule has 0 aliphatic heterocycles. The van der Waals surface area contributed by atoms with Crippen LogP contribution < -0.4 is 0 Å². The zero-order valence-electron chi connectivity index (χ0n) is 2.08. The summed E-state index contributed by atoms with van der Waals surface area (Å²) in [5.74, 6) is 0. The maximum atomic E-state index is 9.27. The Hall–Kier alpha value is 0.290. The predicted octanol–water partition coefficient (Wildman–Crippen LogP) is -0.183. The Kier molecular flexibility index (Phi) is 2.67. The van der Waals surface area contributed by atoms with Gasteiger partial charge < -0.3 is 8.54 Å². The van der Waals surface area contributed by atoms with Crippen LogP contribution in [-0.2, 0) is 29.4 Å². The van der Waals surface area contributed by atoms with Crippen LogP contribution in [-0.4, -0.2) is 5.26 Å². The van der Waals surface area contributed by atoms with E-state index in [2.05, 4.69) is 15.5 Å². The van der Waals surface area contributed by atoms with E-state index in [0.29, 0.717) is 0 Å². The summed E-state index contributed by atoms with van der Waals surface area (Å²) in [5.41, 5.74) is 0. The fourth-order valence-corrected chi connectivity index (χ4v) is 0. The fourth-order valence-electron chi connectivity index (χ4n) is 0. The molecule has 0 amide bonds. The molecule has 5 heavy (non-hydrogen) atoms. The second-order valence-electron chi connectivity index (χ2n) is 0.279. The van der Waals surface area contributed by atoms with Gasteiger partial charge in [0.2, 0.25) is 0 Å². The highest BCUT2D eigenvalue weighted by atomic mass is 32.8. The summed E-state index contributed by atoms with van der Waals surface area (Å²) >= 11 is 3.78. The molecule has 0 radical (unpaired) electrons. The average Bonchev–Trinajstić information content (AvgIpc) is 1.38. The molecule has 0 saturated heterocycles. The lowest BCUT2D eigenvalue weighted by Crippen LogP contribution is -1.70.